The van der Waals surface area contributed by atoms with Crippen LogP contribution in [0.4, 0.5) is 0 Å². The molecule has 0 aromatic carbocycles. The lowest BCUT2D eigenvalue weighted by atomic mass is 10.0. The number of carbonyl (C=O) groups excluding carboxylic acids is 1. The third kappa shape index (κ3) is 4.44. The van der Waals surface area contributed by atoms with E-state index >= 15 is 0 Å². The Bertz CT molecular complexity index is 207. The second-order valence-corrected chi connectivity index (χ2v) is 3.84. The lowest BCUT2D eigenvalue weighted by Crippen LogP contribution is -2.43. The van der Waals surface area contributed by atoms with Crippen LogP contribution in [-0.2, 0) is 19.0 Å². The normalized spacial score (nSPS) is 19.4. The maximum atomic E-state index is 11.3. The van der Waals surface area contributed by atoms with Gasteiger partial charge in [-0.15, -0.1) is 0 Å². The fourth-order valence-electron chi connectivity index (χ4n) is 1.61. The standard InChI is InChI=1S/C10H20N2O4/c1-14-7-9(10(13)12-11)16-6-8-2-4-15-5-3-8/h8-9H,2-7,11H2,1H3,(H,12,13). The van der Waals surface area contributed by atoms with Crippen LogP contribution in [0.25, 0.3) is 0 Å². The van der Waals surface area contributed by atoms with Crippen LogP contribution >= 0.6 is 0 Å². The van der Waals surface area contributed by atoms with E-state index < -0.39 is 6.10 Å². The minimum absolute atomic E-state index is 0.215. The summed E-state index contributed by atoms with van der Waals surface area (Å²) in [5.74, 6) is 5.16. The first kappa shape index (κ1) is 13.4. The Balaban J connectivity index is 2.27. The second kappa shape index (κ2) is 7.56. The average molecular weight is 232 g/mol. The van der Waals surface area contributed by atoms with Crippen LogP contribution in [0.1, 0.15) is 12.8 Å². The van der Waals surface area contributed by atoms with E-state index in [2.05, 4.69) is 5.43 Å². The van der Waals surface area contributed by atoms with Gasteiger partial charge in [0, 0.05) is 20.3 Å². The molecule has 0 aromatic heterocycles. The van der Waals surface area contributed by atoms with Crippen LogP contribution in [0.5, 0.6) is 0 Å². The van der Waals surface area contributed by atoms with Crippen LogP contribution in [0.15, 0.2) is 0 Å². The molecule has 94 valence electrons. The highest BCUT2D eigenvalue weighted by molar-refractivity contribution is 5.80. The number of nitrogens with one attached hydrogen (secondary N) is 1. The molecule has 1 heterocycles. The number of hydrogen-bond donors (Lipinski definition) is 2. The minimum atomic E-state index is -0.627. The van der Waals surface area contributed by atoms with Gasteiger partial charge in [-0.25, -0.2) is 5.84 Å². The first-order valence-corrected chi connectivity index (χ1v) is 5.46. The zero-order valence-corrected chi connectivity index (χ0v) is 9.61. The fourth-order valence-corrected chi connectivity index (χ4v) is 1.61. The molecule has 1 aliphatic heterocycles. The summed E-state index contributed by atoms with van der Waals surface area (Å²) < 4.78 is 15.6. The molecule has 1 rings (SSSR count). The van der Waals surface area contributed by atoms with E-state index in [-0.39, 0.29) is 12.5 Å². The van der Waals surface area contributed by atoms with Gasteiger partial charge in [0.2, 0.25) is 0 Å². The Morgan fingerprint density at radius 3 is 2.81 bits per heavy atom. The summed E-state index contributed by atoms with van der Waals surface area (Å²) in [6.07, 6.45) is 1.33. The SMILES string of the molecule is COCC(OCC1CCOCC1)C(=O)NN. The van der Waals surface area contributed by atoms with Crippen molar-refractivity contribution in [2.24, 2.45) is 11.8 Å². The van der Waals surface area contributed by atoms with Crippen molar-refractivity contribution in [2.75, 3.05) is 33.5 Å². The molecule has 16 heavy (non-hydrogen) atoms. The van der Waals surface area contributed by atoms with Gasteiger partial charge < -0.3 is 14.2 Å². The molecule has 1 fully saturated rings. The molecule has 0 aromatic rings. The van der Waals surface area contributed by atoms with Gasteiger partial charge in [0.25, 0.3) is 5.91 Å². The first-order valence-electron chi connectivity index (χ1n) is 5.46. The van der Waals surface area contributed by atoms with E-state index in [9.17, 15) is 4.79 Å². The predicted octanol–water partition coefficient (Wildman–Crippen LogP) is -0.565. The predicted molar refractivity (Wildman–Crippen MR) is 57.5 cm³/mol. The molecular weight excluding hydrogens is 212 g/mol. The van der Waals surface area contributed by atoms with Crippen molar-refractivity contribution >= 4 is 5.91 Å². The van der Waals surface area contributed by atoms with E-state index in [1.165, 1.54) is 7.11 Å². The maximum absolute atomic E-state index is 11.3. The van der Waals surface area contributed by atoms with Crippen LogP contribution in [0, 0.1) is 5.92 Å². The number of ether oxygens (including phenoxy) is 3. The summed E-state index contributed by atoms with van der Waals surface area (Å²) in [6.45, 7) is 2.30. The molecule has 1 unspecified atom stereocenters. The largest absolute Gasteiger partial charge is 0.381 e. The topological polar surface area (TPSA) is 82.8 Å². The Kier molecular flexibility index (Phi) is 6.32. The van der Waals surface area contributed by atoms with Crippen molar-refractivity contribution in [1.29, 1.82) is 0 Å². The summed E-state index contributed by atoms with van der Waals surface area (Å²) >= 11 is 0. The van der Waals surface area contributed by atoms with Crippen molar-refractivity contribution in [3.8, 4) is 0 Å². The third-order valence-corrected chi connectivity index (χ3v) is 2.63. The van der Waals surface area contributed by atoms with Crippen LogP contribution in [0.2, 0.25) is 0 Å². The molecule has 6 heteroatoms. The zero-order chi connectivity index (χ0) is 11.8. The van der Waals surface area contributed by atoms with E-state index in [1.54, 1.807) is 0 Å². The van der Waals surface area contributed by atoms with E-state index in [1.807, 2.05) is 0 Å². The van der Waals surface area contributed by atoms with Crippen molar-refractivity contribution in [3.63, 3.8) is 0 Å². The van der Waals surface area contributed by atoms with Crippen LogP contribution in [-0.4, -0.2) is 45.5 Å². The Morgan fingerprint density at radius 1 is 1.56 bits per heavy atom. The summed E-state index contributed by atoms with van der Waals surface area (Å²) in [5.41, 5.74) is 2.07. The maximum Gasteiger partial charge on any atom is 0.265 e. The van der Waals surface area contributed by atoms with Crippen LogP contribution in [0.3, 0.4) is 0 Å². The van der Waals surface area contributed by atoms with Gasteiger partial charge in [-0.3, -0.25) is 10.2 Å². The average Bonchev–Trinajstić information content (AvgIpc) is 2.34. The highest BCUT2D eigenvalue weighted by atomic mass is 16.5. The van der Waals surface area contributed by atoms with Crippen molar-refractivity contribution in [3.05, 3.63) is 0 Å². The van der Waals surface area contributed by atoms with Gasteiger partial charge >= 0.3 is 0 Å². The number of nitrogens with two attached hydrogens (primary N) is 1. The smallest absolute Gasteiger partial charge is 0.265 e. The number of hydrazine groups is 1. The fraction of sp³-hybridized carbons (Fsp3) is 0.900. The van der Waals surface area contributed by atoms with Crippen molar-refractivity contribution in [1.82, 2.24) is 5.43 Å². The van der Waals surface area contributed by atoms with E-state index in [0.29, 0.717) is 12.5 Å². The van der Waals surface area contributed by atoms with Gasteiger partial charge in [0.15, 0.2) is 6.10 Å². The Hall–Kier alpha value is -0.690. The monoisotopic (exact) mass is 232 g/mol. The summed E-state index contributed by atoms with van der Waals surface area (Å²) in [5, 5.41) is 0. The summed E-state index contributed by atoms with van der Waals surface area (Å²) in [7, 11) is 1.52. The van der Waals surface area contributed by atoms with Gasteiger partial charge in [-0.2, -0.15) is 0 Å². The molecule has 6 nitrogen and oxygen atoms in total. The van der Waals surface area contributed by atoms with Gasteiger partial charge in [-0.05, 0) is 18.8 Å². The summed E-state index contributed by atoms with van der Waals surface area (Å²) in [4.78, 5) is 11.3. The molecule has 0 spiro atoms. The molecule has 0 radical (unpaired) electrons. The molecule has 0 aliphatic carbocycles. The number of methoxy groups -OCH3 is 1. The number of carbonyl (C=O) groups is 1. The second-order valence-electron chi connectivity index (χ2n) is 3.84. The Morgan fingerprint density at radius 2 is 2.25 bits per heavy atom. The lowest BCUT2D eigenvalue weighted by Gasteiger charge is -2.24. The van der Waals surface area contributed by atoms with E-state index in [0.717, 1.165) is 26.1 Å². The molecule has 1 atom stereocenters. The highest BCUT2D eigenvalue weighted by Crippen LogP contribution is 2.15. The lowest BCUT2D eigenvalue weighted by molar-refractivity contribution is -0.138. The number of rotatable bonds is 6. The zero-order valence-electron chi connectivity index (χ0n) is 9.61. The van der Waals surface area contributed by atoms with Gasteiger partial charge in [0.05, 0.1) is 13.2 Å². The number of hydrogen-bond acceptors (Lipinski definition) is 5. The first-order chi connectivity index (χ1) is 7.77. The molecule has 1 amide bonds. The molecule has 1 saturated heterocycles. The van der Waals surface area contributed by atoms with E-state index in [4.69, 9.17) is 20.1 Å². The quantitative estimate of drug-likeness (QED) is 0.364. The molecule has 1 aliphatic rings. The Labute approximate surface area is 95.4 Å². The molecule has 3 N–H and O–H groups in total. The van der Waals surface area contributed by atoms with Crippen molar-refractivity contribution < 1.29 is 19.0 Å². The number of amides is 1. The van der Waals surface area contributed by atoms with Gasteiger partial charge in [0.1, 0.15) is 0 Å². The molecular formula is C10H20N2O4. The molecule has 0 saturated carbocycles. The third-order valence-electron chi connectivity index (χ3n) is 2.63. The minimum Gasteiger partial charge on any atom is -0.381 e. The van der Waals surface area contributed by atoms with Crippen LogP contribution < -0.4 is 11.3 Å². The van der Waals surface area contributed by atoms with Gasteiger partial charge in [-0.1, -0.05) is 0 Å². The molecule has 0 bridgehead atoms. The summed E-state index contributed by atoms with van der Waals surface area (Å²) in [6, 6.07) is 0. The highest BCUT2D eigenvalue weighted by Gasteiger charge is 2.21. The van der Waals surface area contributed by atoms with Crippen molar-refractivity contribution in [2.45, 2.75) is 18.9 Å².